The Balaban J connectivity index is 0.912. The number of rotatable bonds is 7. The largest absolute Gasteiger partial charge is 0.455 e. The third kappa shape index (κ3) is 5.82. The Bertz CT molecular complexity index is 3260. The quantitative estimate of drug-likeness (QED) is 0.162. The van der Waals surface area contributed by atoms with Crippen molar-refractivity contribution >= 4 is 60.5 Å². The van der Waals surface area contributed by atoms with Gasteiger partial charge in [-0.3, -0.25) is 0 Å². The van der Waals surface area contributed by atoms with Crippen LogP contribution in [0.5, 0.6) is 0 Å². The SMILES string of the molecule is c1ccc(N(c2ccc(-c3ccc(-c4cccc(-c5cccc6c5oc5c(-c7cccc8ccccc78)cccc56)c4)cc3)cc2)c2cccc3ccccc23)cc1. The van der Waals surface area contributed by atoms with Crippen LogP contribution in [0.1, 0.15) is 0 Å². The Morgan fingerprint density at radius 2 is 0.741 bits per heavy atom. The van der Waals surface area contributed by atoms with Crippen LogP contribution in [-0.4, -0.2) is 0 Å². The monoisotopic (exact) mass is 739 g/mol. The molecule has 0 aliphatic heterocycles. The number of furan rings is 1. The maximum absolute atomic E-state index is 6.87. The smallest absolute Gasteiger partial charge is 0.143 e. The fraction of sp³-hybridized carbons (Fsp3) is 0. The van der Waals surface area contributed by atoms with Gasteiger partial charge >= 0.3 is 0 Å². The van der Waals surface area contributed by atoms with E-state index >= 15 is 0 Å². The summed E-state index contributed by atoms with van der Waals surface area (Å²) < 4.78 is 6.87. The van der Waals surface area contributed by atoms with Gasteiger partial charge in [0.1, 0.15) is 11.2 Å². The minimum Gasteiger partial charge on any atom is -0.455 e. The molecule has 0 atom stereocenters. The number of nitrogens with zero attached hydrogens (tertiary/aromatic N) is 1. The summed E-state index contributed by atoms with van der Waals surface area (Å²) in [5.74, 6) is 0. The molecule has 2 heteroatoms. The molecule has 11 aromatic rings. The molecule has 0 saturated heterocycles. The molecule has 2 nitrogen and oxygen atoms in total. The second kappa shape index (κ2) is 14.1. The minimum absolute atomic E-state index is 0.910. The molecule has 10 aromatic carbocycles. The van der Waals surface area contributed by atoms with Gasteiger partial charge in [0, 0.05) is 38.7 Å². The van der Waals surface area contributed by atoms with Crippen LogP contribution in [0.3, 0.4) is 0 Å². The van der Waals surface area contributed by atoms with Crippen LogP contribution in [-0.2, 0) is 0 Å². The lowest BCUT2D eigenvalue weighted by Crippen LogP contribution is -2.10. The Morgan fingerprint density at radius 3 is 1.48 bits per heavy atom. The molecule has 1 heterocycles. The predicted octanol–water partition coefficient (Wildman–Crippen LogP) is 16.0. The highest BCUT2D eigenvalue weighted by Gasteiger charge is 2.18. The molecular formula is C56H37NO. The first-order chi connectivity index (χ1) is 28.8. The van der Waals surface area contributed by atoms with E-state index in [-0.39, 0.29) is 0 Å². The summed E-state index contributed by atoms with van der Waals surface area (Å²) in [5, 5.41) is 7.14. The van der Waals surface area contributed by atoms with E-state index in [1.165, 1.54) is 43.8 Å². The highest BCUT2D eigenvalue weighted by atomic mass is 16.3. The van der Waals surface area contributed by atoms with Gasteiger partial charge in [-0.25, -0.2) is 0 Å². The second-order valence-corrected chi connectivity index (χ2v) is 14.9. The lowest BCUT2D eigenvalue weighted by Gasteiger charge is -2.27. The van der Waals surface area contributed by atoms with Crippen LogP contribution in [0, 0.1) is 0 Å². The van der Waals surface area contributed by atoms with Crippen molar-refractivity contribution in [2.24, 2.45) is 0 Å². The number of hydrogen-bond donors (Lipinski definition) is 0. The topological polar surface area (TPSA) is 16.4 Å². The lowest BCUT2D eigenvalue weighted by molar-refractivity contribution is 0.671. The van der Waals surface area contributed by atoms with Gasteiger partial charge in [0.15, 0.2) is 0 Å². The molecule has 1 aromatic heterocycles. The summed E-state index contributed by atoms with van der Waals surface area (Å²) in [6.45, 7) is 0. The Kier molecular flexibility index (Phi) is 8.19. The maximum Gasteiger partial charge on any atom is 0.143 e. The van der Waals surface area contributed by atoms with Crippen molar-refractivity contribution in [3.63, 3.8) is 0 Å². The third-order valence-electron chi connectivity index (χ3n) is 11.5. The Morgan fingerprint density at radius 1 is 0.276 bits per heavy atom. The molecule has 0 N–H and O–H groups in total. The Labute approximate surface area is 337 Å². The molecule has 0 unspecified atom stereocenters. The third-order valence-corrected chi connectivity index (χ3v) is 11.5. The van der Waals surface area contributed by atoms with Crippen LogP contribution < -0.4 is 4.90 Å². The van der Waals surface area contributed by atoms with Crippen molar-refractivity contribution in [2.75, 3.05) is 4.90 Å². The zero-order valence-electron chi connectivity index (χ0n) is 31.7. The van der Waals surface area contributed by atoms with Crippen molar-refractivity contribution in [1.29, 1.82) is 0 Å². The summed E-state index contributed by atoms with van der Waals surface area (Å²) in [4.78, 5) is 2.35. The summed E-state index contributed by atoms with van der Waals surface area (Å²) in [7, 11) is 0. The second-order valence-electron chi connectivity index (χ2n) is 14.9. The first kappa shape index (κ1) is 33.6. The first-order valence-corrected chi connectivity index (χ1v) is 19.8. The molecule has 0 aliphatic carbocycles. The molecular weight excluding hydrogens is 703 g/mol. The van der Waals surface area contributed by atoms with Crippen molar-refractivity contribution in [1.82, 2.24) is 0 Å². The van der Waals surface area contributed by atoms with E-state index < -0.39 is 0 Å². The highest BCUT2D eigenvalue weighted by Crippen LogP contribution is 2.43. The van der Waals surface area contributed by atoms with Crippen LogP contribution in [0.25, 0.3) is 88.0 Å². The lowest BCUT2D eigenvalue weighted by atomic mass is 9.95. The molecule has 0 bridgehead atoms. The van der Waals surface area contributed by atoms with Gasteiger partial charge in [0.05, 0.1) is 5.69 Å². The van der Waals surface area contributed by atoms with Crippen LogP contribution >= 0.6 is 0 Å². The zero-order chi connectivity index (χ0) is 38.4. The van der Waals surface area contributed by atoms with Crippen molar-refractivity contribution in [3.05, 3.63) is 224 Å². The van der Waals surface area contributed by atoms with Crippen LogP contribution in [0.15, 0.2) is 229 Å². The van der Waals surface area contributed by atoms with E-state index in [1.54, 1.807) is 0 Å². The van der Waals surface area contributed by atoms with Gasteiger partial charge < -0.3 is 9.32 Å². The summed E-state index contributed by atoms with van der Waals surface area (Å²) >= 11 is 0. The summed E-state index contributed by atoms with van der Waals surface area (Å²) in [6.07, 6.45) is 0. The van der Waals surface area contributed by atoms with E-state index in [0.717, 1.165) is 61.3 Å². The van der Waals surface area contributed by atoms with Crippen LogP contribution in [0.2, 0.25) is 0 Å². The summed E-state index contributed by atoms with van der Waals surface area (Å²) in [5.41, 5.74) is 14.4. The molecule has 0 saturated carbocycles. The summed E-state index contributed by atoms with van der Waals surface area (Å²) in [6, 6.07) is 80.4. The molecule has 58 heavy (non-hydrogen) atoms. The van der Waals surface area contributed by atoms with Gasteiger partial charge in [0.2, 0.25) is 0 Å². The van der Waals surface area contributed by atoms with Gasteiger partial charge in [-0.15, -0.1) is 0 Å². The van der Waals surface area contributed by atoms with E-state index in [2.05, 4.69) is 229 Å². The number of fused-ring (bicyclic) bond motifs is 5. The molecule has 272 valence electrons. The standard InChI is InChI=1S/C56H37NO/c1-2-19-45(20-3-1)57(54-28-10-16-42-14-5-7-22-48(42)54)46-35-33-39(34-36-46)38-29-31-40(32-30-38)43-17-8-18-44(37-43)49-23-11-26-52-53-27-12-25-51(56(53)58-55(49)52)50-24-9-15-41-13-4-6-21-47(41)50/h1-37H. The fourth-order valence-electron chi connectivity index (χ4n) is 8.65. The molecule has 11 rings (SSSR count). The van der Waals surface area contributed by atoms with Gasteiger partial charge in [0.25, 0.3) is 0 Å². The number of para-hydroxylation sites is 3. The van der Waals surface area contributed by atoms with Gasteiger partial charge in [-0.05, 0) is 85.9 Å². The van der Waals surface area contributed by atoms with E-state index in [1.807, 2.05) is 0 Å². The number of benzene rings is 10. The van der Waals surface area contributed by atoms with Crippen molar-refractivity contribution < 1.29 is 4.42 Å². The molecule has 0 fully saturated rings. The predicted molar refractivity (Wildman–Crippen MR) is 245 cm³/mol. The zero-order valence-corrected chi connectivity index (χ0v) is 31.7. The van der Waals surface area contributed by atoms with Crippen LogP contribution in [0.4, 0.5) is 17.1 Å². The normalized spacial score (nSPS) is 11.4. The molecule has 0 aliphatic rings. The van der Waals surface area contributed by atoms with E-state index in [4.69, 9.17) is 4.42 Å². The van der Waals surface area contributed by atoms with Gasteiger partial charge in [-0.1, -0.05) is 188 Å². The average Bonchev–Trinajstić information content (AvgIpc) is 3.69. The Hall–Kier alpha value is -7.68. The van der Waals surface area contributed by atoms with Crippen molar-refractivity contribution in [2.45, 2.75) is 0 Å². The minimum atomic E-state index is 0.910. The average molecular weight is 740 g/mol. The highest BCUT2D eigenvalue weighted by molar-refractivity contribution is 6.15. The van der Waals surface area contributed by atoms with E-state index in [9.17, 15) is 0 Å². The van der Waals surface area contributed by atoms with E-state index in [0.29, 0.717) is 0 Å². The fourth-order valence-corrected chi connectivity index (χ4v) is 8.65. The first-order valence-electron chi connectivity index (χ1n) is 19.8. The number of hydrogen-bond acceptors (Lipinski definition) is 2. The maximum atomic E-state index is 6.87. The molecule has 0 spiro atoms. The number of anilines is 3. The van der Waals surface area contributed by atoms with Gasteiger partial charge in [-0.2, -0.15) is 0 Å². The van der Waals surface area contributed by atoms with Crippen molar-refractivity contribution in [3.8, 4) is 44.5 Å². The molecule has 0 amide bonds. The molecule has 0 radical (unpaired) electrons.